The van der Waals surface area contributed by atoms with Crippen LogP contribution in [0.25, 0.3) is 0 Å². The van der Waals surface area contributed by atoms with Gasteiger partial charge in [-0.2, -0.15) is 0 Å². The third-order valence-corrected chi connectivity index (χ3v) is 3.83. The van der Waals surface area contributed by atoms with E-state index in [2.05, 4.69) is 0 Å². The Balaban J connectivity index is 2.08. The highest BCUT2D eigenvalue weighted by atomic mass is 16.6. The maximum absolute atomic E-state index is 12.7. The molecule has 2 rings (SSSR count). The summed E-state index contributed by atoms with van der Waals surface area (Å²) in [7, 11) is 1.60. The molecule has 0 radical (unpaired) electrons. The fourth-order valence-electron chi connectivity index (χ4n) is 2.72. The number of hydrogen-bond acceptors (Lipinski definition) is 5. The van der Waals surface area contributed by atoms with Crippen LogP contribution in [0, 0.1) is 0 Å². The van der Waals surface area contributed by atoms with Gasteiger partial charge in [0.15, 0.2) is 0 Å². The number of likely N-dealkylation sites (tertiary alicyclic amines) is 1. The first kappa shape index (κ1) is 17.0. The van der Waals surface area contributed by atoms with Crippen LogP contribution >= 0.6 is 0 Å². The minimum Gasteiger partial charge on any atom is -0.444 e. The van der Waals surface area contributed by atoms with Gasteiger partial charge in [0, 0.05) is 26.6 Å². The van der Waals surface area contributed by atoms with Crippen LogP contribution in [-0.2, 0) is 19.0 Å². The number of hydrogen-bond donors (Lipinski definition) is 0. The zero-order chi connectivity index (χ0) is 16.3. The van der Waals surface area contributed by atoms with Crippen LogP contribution in [0.5, 0.6) is 0 Å². The van der Waals surface area contributed by atoms with Crippen LogP contribution in [0.4, 0.5) is 4.79 Å². The fraction of sp³-hybridized carbons (Fsp3) is 0.867. The second-order valence-electron chi connectivity index (χ2n) is 6.68. The molecule has 2 atom stereocenters. The Bertz CT molecular complexity index is 415. The summed E-state index contributed by atoms with van der Waals surface area (Å²) in [6.07, 6.45) is -0.0903. The van der Waals surface area contributed by atoms with E-state index in [0.717, 1.165) is 0 Å². The van der Waals surface area contributed by atoms with E-state index < -0.39 is 17.7 Å². The summed E-state index contributed by atoms with van der Waals surface area (Å²) >= 11 is 0. The van der Waals surface area contributed by atoms with Crippen molar-refractivity contribution in [2.24, 2.45) is 0 Å². The average molecular weight is 314 g/mol. The highest BCUT2D eigenvalue weighted by molar-refractivity contribution is 5.86. The monoisotopic (exact) mass is 314 g/mol. The highest BCUT2D eigenvalue weighted by Crippen LogP contribution is 2.24. The first-order chi connectivity index (χ1) is 10.3. The Morgan fingerprint density at radius 2 is 1.82 bits per heavy atom. The number of ether oxygens (including phenoxy) is 3. The van der Waals surface area contributed by atoms with Crippen molar-refractivity contribution in [1.29, 1.82) is 0 Å². The Kier molecular flexibility index (Phi) is 5.28. The zero-order valence-electron chi connectivity index (χ0n) is 13.8. The zero-order valence-corrected chi connectivity index (χ0v) is 13.8. The molecule has 0 aliphatic carbocycles. The van der Waals surface area contributed by atoms with Gasteiger partial charge in [-0.1, -0.05) is 0 Å². The van der Waals surface area contributed by atoms with Gasteiger partial charge >= 0.3 is 6.09 Å². The van der Waals surface area contributed by atoms with Gasteiger partial charge in [-0.05, 0) is 20.8 Å². The molecule has 2 amide bonds. The Morgan fingerprint density at radius 3 is 2.36 bits per heavy atom. The number of nitrogens with zero attached hydrogens (tertiary/aromatic N) is 2. The molecule has 2 fully saturated rings. The molecular formula is C15H26N2O5. The van der Waals surface area contributed by atoms with E-state index >= 15 is 0 Å². The number of carbonyl (C=O) groups excluding carboxylic acids is 2. The van der Waals surface area contributed by atoms with Crippen LogP contribution in [0.3, 0.4) is 0 Å². The Labute approximate surface area is 131 Å². The van der Waals surface area contributed by atoms with E-state index in [4.69, 9.17) is 14.2 Å². The molecule has 0 unspecified atom stereocenters. The molecule has 0 aromatic rings. The summed E-state index contributed by atoms with van der Waals surface area (Å²) in [6, 6.07) is -0.516. The average Bonchev–Trinajstić information content (AvgIpc) is 2.90. The van der Waals surface area contributed by atoms with Crippen molar-refractivity contribution in [2.75, 3.05) is 40.0 Å². The van der Waals surface area contributed by atoms with Gasteiger partial charge in [0.25, 0.3) is 0 Å². The van der Waals surface area contributed by atoms with Gasteiger partial charge in [-0.15, -0.1) is 0 Å². The number of carbonyl (C=O) groups is 2. The van der Waals surface area contributed by atoms with Gasteiger partial charge in [0.2, 0.25) is 5.91 Å². The first-order valence-electron chi connectivity index (χ1n) is 7.71. The molecule has 2 aliphatic rings. The Hall–Kier alpha value is -1.34. The lowest BCUT2D eigenvalue weighted by Crippen LogP contribution is -2.51. The maximum Gasteiger partial charge on any atom is 0.411 e. The molecule has 22 heavy (non-hydrogen) atoms. The van der Waals surface area contributed by atoms with Gasteiger partial charge in [0.1, 0.15) is 11.6 Å². The van der Waals surface area contributed by atoms with Crippen molar-refractivity contribution in [1.82, 2.24) is 9.80 Å². The van der Waals surface area contributed by atoms with Gasteiger partial charge in [-0.25, -0.2) is 4.79 Å². The molecule has 2 aliphatic heterocycles. The largest absolute Gasteiger partial charge is 0.444 e. The summed E-state index contributed by atoms with van der Waals surface area (Å²) in [6.45, 7) is 8.03. The van der Waals surface area contributed by atoms with Crippen molar-refractivity contribution in [3.8, 4) is 0 Å². The van der Waals surface area contributed by atoms with Gasteiger partial charge in [0.05, 0.1) is 25.9 Å². The number of morpholine rings is 1. The van der Waals surface area contributed by atoms with Gasteiger partial charge < -0.3 is 19.1 Å². The first-order valence-corrected chi connectivity index (χ1v) is 7.71. The van der Waals surface area contributed by atoms with E-state index in [-0.39, 0.29) is 12.0 Å². The molecule has 7 nitrogen and oxygen atoms in total. The molecule has 0 N–H and O–H groups in total. The molecule has 7 heteroatoms. The molecule has 0 aromatic carbocycles. The van der Waals surface area contributed by atoms with E-state index in [1.165, 1.54) is 4.90 Å². The maximum atomic E-state index is 12.7. The lowest BCUT2D eigenvalue weighted by molar-refractivity contribution is -0.140. The summed E-state index contributed by atoms with van der Waals surface area (Å²) in [5.41, 5.74) is -0.588. The predicted octanol–water partition coefficient (Wildman–Crippen LogP) is 0.870. The normalized spacial score (nSPS) is 26.2. The van der Waals surface area contributed by atoms with Crippen molar-refractivity contribution in [3.05, 3.63) is 0 Å². The summed E-state index contributed by atoms with van der Waals surface area (Å²) < 4.78 is 16.0. The van der Waals surface area contributed by atoms with Crippen molar-refractivity contribution in [3.63, 3.8) is 0 Å². The smallest absolute Gasteiger partial charge is 0.411 e. The minimum absolute atomic E-state index is 0.0475. The van der Waals surface area contributed by atoms with Crippen LogP contribution in [0.1, 0.15) is 27.2 Å². The molecule has 0 bridgehead atoms. The lowest BCUT2D eigenvalue weighted by atomic mass is 10.1. The lowest BCUT2D eigenvalue weighted by Gasteiger charge is -2.33. The summed E-state index contributed by atoms with van der Waals surface area (Å²) in [4.78, 5) is 28.3. The third kappa shape index (κ3) is 4.10. The fourth-order valence-corrected chi connectivity index (χ4v) is 2.72. The minimum atomic E-state index is -0.588. The molecule has 0 saturated carbocycles. The Morgan fingerprint density at radius 1 is 1.18 bits per heavy atom. The highest BCUT2D eigenvalue weighted by Gasteiger charge is 2.43. The van der Waals surface area contributed by atoms with Crippen LogP contribution in [-0.4, -0.2) is 79.5 Å². The van der Waals surface area contributed by atoms with Crippen LogP contribution in [0.15, 0.2) is 0 Å². The molecule has 0 aromatic heterocycles. The van der Waals surface area contributed by atoms with Gasteiger partial charge in [-0.3, -0.25) is 9.69 Å². The van der Waals surface area contributed by atoms with E-state index in [1.54, 1.807) is 12.0 Å². The summed E-state index contributed by atoms with van der Waals surface area (Å²) in [5, 5.41) is 0. The molecule has 2 heterocycles. The number of amides is 2. The van der Waals surface area contributed by atoms with Crippen molar-refractivity contribution < 1.29 is 23.8 Å². The molecule has 0 spiro atoms. The standard InChI is InChI=1S/C15H26N2O5/c1-15(2,3)22-14(19)17-10-11(20-4)9-12(17)13(18)16-5-7-21-8-6-16/h11-12H,5-10H2,1-4H3/t11-,12-/m0/s1. The van der Waals surface area contributed by atoms with Crippen molar-refractivity contribution in [2.45, 2.75) is 44.9 Å². The van der Waals surface area contributed by atoms with Crippen LogP contribution < -0.4 is 0 Å². The number of methoxy groups -OCH3 is 1. The van der Waals surface area contributed by atoms with Crippen LogP contribution in [0.2, 0.25) is 0 Å². The molecule has 126 valence electrons. The second kappa shape index (κ2) is 6.83. The molecular weight excluding hydrogens is 288 g/mol. The van der Waals surface area contributed by atoms with E-state index in [0.29, 0.717) is 39.3 Å². The van der Waals surface area contributed by atoms with E-state index in [9.17, 15) is 9.59 Å². The number of rotatable bonds is 2. The second-order valence-corrected chi connectivity index (χ2v) is 6.68. The van der Waals surface area contributed by atoms with E-state index in [1.807, 2.05) is 20.8 Å². The van der Waals surface area contributed by atoms with Crippen molar-refractivity contribution >= 4 is 12.0 Å². The predicted molar refractivity (Wildman–Crippen MR) is 79.5 cm³/mol. The summed E-state index contributed by atoms with van der Waals surface area (Å²) in [5.74, 6) is -0.0475. The molecule has 2 saturated heterocycles. The third-order valence-electron chi connectivity index (χ3n) is 3.83. The topological polar surface area (TPSA) is 68.3 Å². The SMILES string of the molecule is CO[C@H]1C[C@@H](C(=O)N2CCOCC2)N(C(=O)OC(C)(C)C)C1. The quantitative estimate of drug-likeness (QED) is 0.756.